The first kappa shape index (κ1) is 14.1. The lowest BCUT2D eigenvalue weighted by molar-refractivity contribution is 0.484. The molecule has 0 bridgehead atoms. The van der Waals surface area contributed by atoms with E-state index < -0.39 is 0 Å². The minimum absolute atomic E-state index is 0.742. The Kier molecular flexibility index (Phi) is 7.17. The lowest BCUT2D eigenvalue weighted by Crippen LogP contribution is -2.21. The maximum atomic E-state index is 3.52. The topological polar surface area (TPSA) is 12.0 Å². The van der Waals surface area contributed by atoms with Gasteiger partial charge in [0.1, 0.15) is 0 Å². The largest absolute Gasteiger partial charge is 0.319 e. The van der Waals surface area contributed by atoms with Crippen molar-refractivity contribution in [2.24, 2.45) is 5.92 Å². The van der Waals surface area contributed by atoms with Crippen molar-refractivity contribution < 1.29 is 0 Å². The lowest BCUT2D eigenvalue weighted by Gasteiger charge is -2.16. The van der Waals surface area contributed by atoms with Gasteiger partial charge in [-0.1, -0.05) is 28.1 Å². The highest BCUT2D eigenvalue weighted by atomic mass is 79.9. The average molecular weight is 302 g/mol. The van der Waals surface area contributed by atoms with Gasteiger partial charge in [-0.15, -0.1) is 0 Å². The van der Waals surface area contributed by atoms with Crippen molar-refractivity contribution in [1.82, 2.24) is 5.32 Å². The van der Waals surface area contributed by atoms with Crippen molar-refractivity contribution >= 4 is 27.7 Å². The van der Waals surface area contributed by atoms with Crippen molar-refractivity contribution in [3.63, 3.8) is 0 Å². The van der Waals surface area contributed by atoms with Gasteiger partial charge in [0.15, 0.2) is 0 Å². The third kappa shape index (κ3) is 5.37. The molecule has 0 heterocycles. The minimum Gasteiger partial charge on any atom is -0.319 e. The van der Waals surface area contributed by atoms with E-state index in [0.717, 1.165) is 12.5 Å². The summed E-state index contributed by atoms with van der Waals surface area (Å²) in [5, 5.41) is 3.29. The van der Waals surface area contributed by atoms with Crippen LogP contribution in [0.2, 0.25) is 0 Å². The molecule has 3 heteroatoms. The second-order valence-electron chi connectivity index (χ2n) is 4.04. The van der Waals surface area contributed by atoms with Gasteiger partial charge in [0, 0.05) is 4.47 Å². The number of hydrogen-bond acceptors (Lipinski definition) is 2. The molecule has 0 spiro atoms. The van der Waals surface area contributed by atoms with Crippen LogP contribution in [0.4, 0.5) is 0 Å². The zero-order valence-electron chi connectivity index (χ0n) is 10.0. The third-order valence-corrected chi connectivity index (χ3v) is 3.77. The molecule has 1 atom stereocenters. The zero-order chi connectivity index (χ0) is 11.8. The lowest BCUT2D eigenvalue weighted by atomic mass is 9.97. The first-order valence-corrected chi connectivity index (χ1v) is 7.83. The molecule has 0 saturated carbocycles. The fourth-order valence-corrected chi connectivity index (χ4v) is 2.86. The van der Waals surface area contributed by atoms with Gasteiger partial charge in [0.25, 0.3) is 0 Å². The van der Waals surface area contributed by atoms with E-state index in [4.69, 9.17) is 0 Å². The van der Waals surface area contributed by atoms with E-state index in [2.05, 4.69) is 51.8 Å². The monoisotopic (exact) mass is 301 g/mol. The second-order valence-corrected chi connectivity index (χ2v) is 5.94. The van der Waals surface area contributed by atoms with E-state index in [1.165, 1.54) is 28.6 Å². The van der Waals surface area contributed by atoms with Gasteiger partial charge in [0.2, 0.25) is 0 Å². The molecule has 0 radical (unpaired) electrons. The molecule has 1 nitrogen and oxygen atoms in total. The molecule has 1 aromatic carbocycles. The van der Waals surface area contributed by atoms with Gasteiger partial charge < -0.3 is 5.32 Å². The molecule has 0 aliphatic heterocycles. The maximum Gasteiger partial charge on any atom is 0.0177 e. The third-order valence-electron chi connectivity index (χ3n) is 2.64. The molecule has 1 N–H and O–H groups in total. The van der Waals surface area contributed by atoms with Crippen LogP contribution in [-0.2, 0) is 6.42 Å². The number of hydrogen-bond donors (Lipinski definition) is 1. The summed E-state index contributed by atoms with van der Waals surface area (Å²) in [5.41, 5.74) is 1.43. The summed E-state index contributed by atoms with van der Waals surface area (Å²) in [4.78, 5) is 0. The average Bonchev–Trinajstić information content (AvgIpc) is 2.26. The maximum absolute atomic E-state index is 3.52. The summed E-state index contributed by atoms with van der Waals surface area (Å²) in [6.07, 6.45) is 4.63. The molecule has 1 rings (SSSR count). The quantitative estimate of drug-likeness (QED) is 0.826. The summed E-state index contributed by atoms with van der Waals surface area (Å²) in [7, 11) is 2.03. The zero-order valence-corrected chi connectivity index (χ0v) is 12.4. The number of rotatable bonds is 7. The van der Waals surface area contributed by atoms with Gasteiger partial charge in [-0.3, -0.25) is 0 Å². The van der Waals surface area contributed by atoms with Crippen molar-refractivity contribution in [3.05, 3.63) is 34.3 Å². The molecular formula is C13H20BrNS. The molecule has 16 heavy (non-hydrogen) atoms. The molecule has 0 saturated heterocycles. The van der Waals surface area contributed by atoms with Crippen LogP contribution in [0, 0.1) is 5.92 Å². The predicted molar refractivity (Wildman–Crippen MR) is 78.3 cm³/mol. The second kappa shape index (κ2) is 8.15. The van der Waals surface area contributed by atoms with Crippen LogP contribution in [0.5, 0.6) is 0 Å². The van der Waals surface area contributed by atoms with Crippen molar-refractivity contribution in [2.75, 3.05) is 25.6 Å². The van der Waals surface area contributed by atoms with Crippen LogP contribution in [0.1, 0.15) is 12.0 Å². The first-order chi connectivity index (χ1) is 7.76. The summed E-state index contributed by atoms with van der Waals surface area (Å²) in [6.45, 7) is 1.10. The van der Waals surface area contributed by atoms with Crippen LogP contribution in [0.15, 0.2) is 28.7 Å². The standard InChI is InChI=1S/C13H20BrNS/c1-15-10-12(6-7-16-2)8-11-4-3-5-13(14)9-11/h3-5,9,12,15H,6-8,10H2,1-2H3. The Morgan fingerprint density at radius 1 is 1.44 bits per heavy atom. The van der Waals surface area contributed by atoms with Crippen molar-refractivity contribution in [1.29, 1.82) is 0 Å². The number of halogens is 1. The molecule has 0 aromatic heterocycles. The Morgan fingerprint density at radius 2 is 2.25 bits per heavy atom. The van der Waals surface area contributed by atoms with Gasteiger partial charge in [-0.25, -0.2) is 0 Å². The van der Waals surface area contributed by atoms with Gasteiger partial charge >= 0.3 is 0 Å². The smallest absolute Gasteiger partial charge is 0.0177 e. The SMILES string of the molecule is CNCC(CCSC)Cc1cccc(Br)c1. The Balaban J connectivity index is 2.52. The predicted octanol–water partition coefficient (Wildman–Crippen LogP) is 3.58. The summed E-state index contributed by atoms with van der Waals surface area (Å²) >= 11 is 5.46. The van der Waals surface area contributed by atoms with Crippen LogP contribution in [-0.4, -0.2) is 25.6 Å². The van der Waals surface area contributed by atoms with Gasteiger partial charge in [-0.05, 0) is 62.1 Å². The number of benzene rings is 1. The summed E-state index contributed by atoms with van der Waals surface area (Å²) in [6, 6.07) is 8.64. The van der Waals surface area contributed by atoms with E-state index in [9.17, 15) is 0 Å². The molecule has 0 fully saturated rings. The highest BCUT2D eigenvalue weighted by Crippen LogP contribution is 2.17. The normalized spacial score (nSPS) is 12.7. The molecule has 0 aliphatic rings. The Bertz CT molecular complexity index is 304. The molecule has 90 valence electrons. The van der Waals surface area contributed by atoms with E-state index >= 15 is 0 Å². The highest BCUT2D eigenvalue weighted by molar-refractivity contribution is 9.10. The molecule has 1 aromatic rings. The Labute approximate surface area is 112 Å². The number of nitrogens with one attached hydrogen (secondary N) is 1. The molecule has 1 unspecified atom stereocenters. The Morgan fingerprint density at radius 3 is 2.88 bits per heavy atom. The van der Waals surface area contributed by atoms with E-state index in [1.54, 1.807) is 0 Å². The summed E-state index contributed by atoms with van der Waals surface area (Å²) in [5.74, 6) is 1.99. The van der Waals surface area contributed by atoms with Crippen LogP contribution < -0.4 is 5.32 Å². The summed E-state index contributed by atoms with van der Waals surface area (Å²) < 4.78 is 1.18. The fourth-order valence-electron chi connectivity index (χ4n) is 1.85. The van der Waals surface area contributed by atoms with E-state index in [0.29, 0.717) is 0 Å². The van der Waals surface area contributed by atoms with E-state index in [1.807, 2.05) is 18.8 Å². The van der Waals surface area contributed by atoms with E-state index in [-0.39, 0.29) is 0 Å². The van der Waals surface area contributed by atoms with Crippen molar-refractivity contribution in [3.8, 4) is 0 Å². The minimum atomic E-state index is 0.742. The van der Waals surface area contributed by atoms with Gasteiger partial charge in [0.05, 0.1) is 0 Å². The van der Waals surface area contributed by atoms with Gasteiger partial charge in [-0.2, -0.15) is 11.8 Å². The molecule has 0 aliphatic carbocycles. The van der Waals surface area contributed by atoms with Crippen molar-refractivity contribution in [2.45, 2.75) is 12.8 Å². The number of thioether (sulfide) groups is 1. The van der Waals surface area contributed by atoms with Crippen LogP contribution >= 0.6 is 27.7 Å². The fraction of sp³-hybridized carbons (Fsp3) is 0.538. The molecular weight excluding hydrogens is 282 g/mol. The first-order valence-electron chi connectivity index (χ1n) is 5.64. The van der Waals surface area contributed by atoms with Crippen LogP contribution in [0.3, 0.4) is 0 Å². The Hall–Kier alpha value is 0.01000. The van der Waals surface area contributed by atoms with Crippen LogP contribution in [0.25, 0.3) is 0 Å². The molecule has 0 amide bonds. The highest BCUT2D eigenvalue weighted by Gasteiger charge is 2.08.